The number of nitrogens with zero attached hydrogens (tertiary/aromatic N) is 2. The van der Waals surface area contributed by atoms with E-state index in [2.05, 4.69) is 4.90 Å². The summed E-state index contributed by atoms with van der Waals surface area (Å²) in [5, 5.41) is 0. The van der Waals surface area contributed by atoms with E-state index < -0.39 is 11.7 Å². The minimum atomic E-state index is -4.51. The van der Waals surface area contributed by atoms with Crippen LogP contribution in [-0.2, 0) is 24.0 Å². The highest BCUT2D eigenvalue weighted by atomic mass is 19.4. The zero-order valence-electron chi connectivity index (χ0n) is 16.9. The first-order valence-electron chi connectivity index (χ1n) is 10.3. The summed E-state index contributed by atoms with van der Waals surface area (Å²) in [6.07, 6.45) is -2.73. The Labute approximate surface area is 174 Å². The number of anilines is 1. The van der Waals surface area contributed by atoms with Gasteiger partial charge >= 0.3 is 6.18 Å². The summed E-state index contributed by atoms with van der Waals surface area (Å²) in [7, 11) is 0. The third-order valence-electron chi connectivity index (χ3n) is 5.77. The number of ether oxygens (including phenoxy) is 1. The first-order valence-corrected chi connectivity index (χ1v) is 10.3. The third kappa shape index (κ3) is 4.23. The van der Waals surface area contributed by atoms with Gasteiger partial charge in [0.2, 0.25) is 0 Å². The number of hydrogen-bond acceptors (Lipinski definition) is 3. The lowest BCUT2D eigenvalue weighted by Gasteiger charge is -2.24. The molecule has 30 heavy (non-hydrogen) atoms. The quantitative estimate of drug-likeness (QED) is 0.711. The fourth-order valence-corrected chi connectivity index (χ4v) is 4.25. The van der Waals surface area contributed by atoms with E-state index in [1.54, 1.807) is 30.3 Å². The van der Waals surface area contributed by atoms with Crippen molar-refractivity contribution in [2.75, 3.05) is 24.6 Å². The number of fused-ring (bicyclic) bond motifs is 1. The maximum absolute atomic E-state index is 13.9. The summed E-state index contributed by atoms with van der Waals surface area (Å²) in [4.78, 5) is 16.5. The summed E-state index contributed by atoms with van der Waals surface area (Å²) in [6.45, 7) is 4.45. The fourth-order valence-electron chi connectivity index (χ4n) is 4.25. The first-order chi connectivity index (χ1) is 14.4. The molecule has 0 saturated carbocycles. The maximum Gasteiger partial charge on any atom is 0.416 e. The van der Waals surface area contributed by atoms with E-state index in [1.807, 2.05) is 13.0 Å². The Morgan fingerprint density at radius 1 is 1.17 bits per heavy atom. The molecule has 160 valence electrons. The van der Waals surface area contributed by atoms with Crippen molar-refractivity contribution in [2.45, 2.75) is 45.1 Å². The molecule has 0 radical (unpaired) electrons. The molecule has 1 atom stereocenters. The molecule has 1 unspecified atom stereocenters. The van der Waals surface area contributed by atoms with Gasteiger partial charge in [-0.05, 0) is 48.2 Å². The molecule has 0 N–H and O–H groups in total. The van der Waals surface area contributed by atoms with E-state index in [-0.39, 0.29) is 29.7 Å². The number of amides is 1. The van der Waals surface area contributed by atoms with Crippen molar-refractivity contribution in [3.63, 3.8) is 0 Å². The van der Waals surface area contributed by atoms with Crippen LogP contribution in [0.4, 0.5) is 18.9 Å². The van der Waals surface area contributed by atoms with Crippen molar-refractivity contribution < 1.29 is 22.7 Å². The van der Waals surface area contributed by atoms with Crippen molar-refractivity contribution in [1.29, 1.82) is 0 Å². The number of carbonyl (C=O) groups is 1. The summed E-state index contributed by atoms with van der Waals surface area (Å²) >= 11 is 0. The summed E-state index contributed by atoms with van der Waals surface area (Å²) < 4.78 is 47.4. The van der Waals surface area contributed by atoms with Crippen molar-refractivity contribution in [3.8, 4) is 0 Å². The Morgan fingerprint density at radius 2 is 1.93 bits per heavy atom. The van der Waals surface area contributed by atoms with Crippen molar-refractivity contribution >= 4 is 11.6 Å². The largest absolute Gasteiger partial charge is 0.416 e. The smallest absolute Gasteiger partial charge is 0.377 e. The highest BCUT2D eigenvalue weighted by Gasteiger charge is 2.40. The number of halogens is 3. The summed E-state index contributed by atoms with van der Waals surface area (Å²) in [5.74, 6) is -0.380. The van der Waals surface area contributed by atoms with E-state index in [1.165, 1.54) is 11.0 Å². The molecule has 2 aliphatic heterocycles. The van der Waals surface area contributed by atoms with E-state index in [0.717, 1.165) is 19.4 Å². The Balaban J connectivity index is 1.67. The van der Waals surface area contributed by atoms with Gasteiger partial charge in [-0.1, -0.05) is 25.1 Å². The molecule has 4 nitrogen and oxygen atoms in total. The number of para-hydroxylation sites is 1. The molecule has 2 aromatic rings. The van der Waals surface area contributed by atoms with Crippen LogP contribution in [0, 0.1) is 0 Å². The van der Waals surface area contributed by atoms with Crippen molar-refractivity contribution in [2.24, 2.45) is 0 Å². The lowest BCUT2D eigenvalue weighted by molar-refractivity contribution is -0.138. The molecule has 2 aromatic carbocycles. The predicted molar refractivity (Wildman–Crippen MR) is 108 cm³/mol. The SMILES string of the molecule is CCC1CN(Cc2cc3c(c(C(F)(F)F)c2)CN(c2ccccc2)C3=O)CCCO1. The minimum Gasteiger partial charge on any atom is -0.377 e. The first kappa shape index (κ1) is 20.9. The molecule has 7 heteroatoms. The van der Waals surface area contributed by atoms with Crippen LogP contribution >= 0.6 is 0 Å². The van der Waals surface area contributed by atoms with Gasteiger partial charge < -0.3 is 9.64 Å². The molecule has 0 aromatic heterocycles. The lowest BCUT2D eigenvalue weighted by Crippen LogP contribution is -2.31. The molecule has 2 aliphatic rings. The minimum absolute atomic E-state index is 0.0609. The second kappa shape index (κ2) is 8.40. The average molecular weight is 418 g/mol. The second-order valence-electron chi connectivity index (χ2n) is 7.88. The molecule has 0 bridgehead atoms. The standard InChI is InChI=1S/C23H25F3N2O2/c1-2-18-14-27(9-6-10-30-18)13-16-11-19-20(21(12-16)23(24,25)26)15-28(22(19)29)17-7-4-3-5-8-17/h3-5,7-8,11-12,18H,2,6,9-10,13-15H2,1H3. The molecule has 1 amide bonds. The van der Waals surface area contributed by atoms with Crippen LogP contribution < -0.4 is 4.90 Å². The highest BCUT2D eigenvalue weighted by Crippen LogP contribution is 2.39. The molecular weight excluding hydrogens is 393 g/mol. The molecule has 0 aliphatic carbocycles. The average Bonchev–Trinajstić information content (AvgIpc) is 2.90. The topological polar surface area (TPSA) is 32.8 Å². The van der Waals surface area contributed by atoms with Gasteiger partial charge in [0, 0.05) is 37.5 Å². The third-order valence-corrected chi connectivity index (χ3v) is 5.77. The molecule has 0 spiro atoms. The Kier molecular flexibility index (Phi) is 5.84. The van der Waals surface area contributed by atoms with Gasteiger partial charge in [-0.2, -0.15) is 13.2 Å². The molecule has 1 fully saturated rings. The summed E-state index contributed by atoms with van der Waals surface area (Å²) in [5.41, 5.74) is 0.623. The van der Waals surface area contributed by atoms with Crippen LogP contribution in [0.2, 0.25) is 0 Å². The lowest BCUT2D eigenvalue weighted by atomic mass is 9.98. The van der Waals surface area contributed by atoms with E-state index >= 15 is 0 Å². The Bertz CT molecular complexity index is 915. The molecular formula is C23H25F3N2O2. The highest BCUT2D eigenvalue weighted by molar-refractivity contribution is 6.10. The fraction of sp³-hybridized carbons (Fsp3) is 0.435. The van der Waals surface area contributed by atoms with Gasteiger partial charge in [0.05, 0.1) is 18.2 Å². The normalized spacial score (nSPS) is 20.3. The summed E-state index contributed by atoms with van der Waals surface area (Å²) in [6, 6.07) is 11.7. The Hall–Kier alpha value is -2.38. The van der Waals surface area contributed by atoms with E-state index in [0.29, 0.717) is 30.9 Å². The number of hydrogen-bond donors (Lipinski definition) is 0. The molecule has 4 rings (SSSR count). The monoisotopic (exact) mass is 418 g/mol. The van der Waals surface area contributed by atoms with Gasteiger partial charge in [-0.25, -0.2) is 0 Å². The Morgan fingerprint density at radius 3 is 2.63 bits per heavy atom. The zero-order chi connectivity index (χ0) is 21.3. The van der Waals surface area contributed by atoms with Crippen LogP contribution in [-0.4, -0.2) is 36.6 Å². The van der Waals surface area contributed by atoms with Gasteiger partial charge in [-0.15, -0.1) is 0 Å². The van der Waals surface area contributed by atoms with E-state index in [4.69, 9.17) is 4.74 Å². The van der Waals surface area contributed by atoms with Crippen LogP contribution in [0.5, 0.6) is 0 Å². The van der Waals surface area contributed by atoms with Crippen LogP contribution in [0.15, 0.2) is 42.5 Å². The van der Waals surface area contributed by atoms with Gasteiger partial charge in [0.25, 0.3) is 5.91 Å². The van der Waals surface area contributed by atoms with Crippen molar-refractivity contribution in [1.82, 2.24) is 4.90 Å². The van der Waals surface area contributed by atoms with Gasteiger partial charge in [0.15, 0.2) is 0 Å². The van der Waals surface area contributed by atoms with Crippen LogP contribution in [0.3, 0.4) is 0 Å². The van der Waals surface area contributed by atoms with Crippen LogP contribution in [0.1, 0.15) is 46.8 Å². The molecule has 1 saturated heterocycles. The maximum atomic E-state index is 13.9. The predicted octanol–water partition coefficient (Wildman–Crippen LogP) is 4.87. The van der Waals surface area contributed by atoms with E-state index in [9.17, 15) is 18.0 Å². The zero-order valence-corrected chi connectivity index (χ0v) is 16.9. The molecule has 2 heterocycles. The number of rotatable bonds is 4. The number of alkyl halides is 3. The second-order valence-corrected chi connectivity index (χ2v) is 7.88. The van der Waals surface area contributed by atoms with Gasteiger partial charge in [-0.3, -0.25) is 9.69 Å². The van der Waals surface area contributed by atoms with Crippen LogP contribution in [0.25, 0.3) is 0 Å². The van der Waals surface area contributed by atoms with Gasteiger partial charge in [0.1, 0.15) is 0 Å². The number of benzene rings is 2. The number of carbonyl (C=O) groups excluding carboxylic acids is 1. The van der Waals surface area contributed by atoms with Crippen molar-refractivity contribution in [3.05, 3.63) is 64.7 Å².